The molecule has 1 aromatic rings. The molecule has 0 N–H and O–H groups in total. The molecule has 3 nitrogen and oxygen atoms in total. The lowest BCUT2D eigenvalue weighted by atomic mass is 9.79. The fourth-order valence-corrected chi connectivity index (χ4v) is 7.77. The van der Waals surface area contributed by atoms with Crippen molar-refractivity contribution in [2.45, 2.75) is 61.9 Å². The minimum absolute atomic E-state index is 0.0934. The Labute approximate surface area is 147 Å². The highest BCUT2D eigenvalue weighted by Crippen LogP contribution is 2.85. The molecule has 1 aromatic carbocycles. The van der Waals surface area contributed by atoms with Crippen LogP contribution < -0.4 is 0 Å². The normalized spacial score (nSPS) is 36.9. The van der Waals surface area contributed by atoms with Gasteiger partial charge in [0, 0.05) is 5.41 Å². The van der Waals surface area contributed by atoms with Gasteiger partial charge in [-0.3, -0.25) is 0 Å². The van der Waals surface area contributed by atoms with E-state index in [4.69, 9.17) is 4.74 Å². The van der Waals surface area contributed by atoms with Crippen LogP contribution in [0.25, 0.3) is 0 Å². The first kappa shape index (κ1) is 17.2. The fraction of sp³-hybridized carbons (Fsp3) is 0.579. The lowest BCUT2D eigenvalue weighted by Crippen LogP contribution is -2.43. The number of benzene rings is 1. The third-order valence-electron chi connectivity index (χ3n) is 6.72. The van der Waals surface area contributed by atoms with Crippen LogP contribution in [0.3, 0.4) is 0 Å². The van der Waals surface area contributed by atoms with Crippen LogP contribution in [-0.2, 0) is 14.6 Å². The first-order valence-corrected chi connectivity index (χ1v) is 10.3. The zero-order valence-electron chi connectivity index (χ0n) is 14.5. The Hall–Kier alpha value is -1.27. The van der Waals surface area contributed by atoms with E-state index >= 15 is 8.78 Å². The summed E-state index contributed by atoms with van der Waals surface area (Å²) in [6.07, 6.45) is 2.09. The van der Waals surface area contributed by atoms with E-state index in [1.165, 1.54) is 12.1 Å². The number of ether oxygens (including phenoxy) is 1. The van der Waals surface area contributed by atoms with Crippen molar-refractivity contribution in [2.75, 3.05) is 0 Å². The van der Waals surface area contributed by atoms with Crippen molar-refractivity contribution in [3.8, 4) is 0 Å². The van der Waals surface area contributed by atoms with Crippen LogP contribution in [0, 0.1) is 17.8 Å². The Kier molecular flexibility index (Phi) is 3.37. The van der Waals surface area contributed by atoms with Crippen LogP contribution in [0.1, 0.15) is 32.3 Å². The third kappa shape index (κ3) is 1.66. The zero-order chi connectivity index (χ0) is 18.3. The van der Waals surface area contributed by atoms with Crippen LogP contribution in [0.5, 0.6) is 0 Å². The second-order valence-electron chi connectivity index (χ2n) is 7.42. The number of hydrogen-bond donors (Lipinski definition) is 0. The predicted octanol–water partition coefficient (Wildman–Crippen LogP) is 3.92. The number of halogens is 2. The lowest BCUT2D eigenvalue weighted by molar-refractivity contribution is 0.0255. The molecule has 0 amide bonds. The second-order valence-corrected chi connectivity index (χ2v) is 9.49. The van der Waals surface area contributed by atoms with Crippen LogP contribution in [-0.4, -0.2) is 31.8 Å². The number of hydrogen-bond acceptors (Lipinski definition) is 3. The van der Waals surface area contributed by atoms with Gasteiger partial charge in [-0.05, 0) is 31.9 Å². The number of fused-ring (bicyclic) bond motifs is 3. The molecule has 1 aliphatic carbocycles. The van der Waals surface area contributed by atoms with E-state index in [0.29, 0.717) is 0 Å². The van der Waals surface area contributed by atoms with Gasteiger partial charge in [-0.15, -0.1) is 0 Å². The molecule has 2 fully saturated rings. The Morgan fingerprint density at radius 2 is 1.68 bits per heavy atom. The number of alkyl halides is 2. The number of rotatable bonds is 4. The van der Waals surface area contributed by atoms with E-state index in [1.807, 2.05) is 6.92 Å². The summed E-state index contributed by atoms with van der Waals surface area (Å²) in [6, 6.07) is 6.41. The molecule has 4 rings (SSSR count). The van der Waals surface area contributed by atoms with Gasteiger partial charge in [-0.25, -0.2) is 17.2 Å². The fourth-order valence-electron chi connectivity index (χ4n) is 5.45. The van der Waals surface area contributed by atoms with E-state index in [2.05, 4.69) is 0 Å². The summed E-state index contributed by atoms with van der Waals surface area (Å²) < 4.78 is 62.9. The minimum atomic E-state index is -3.95. The van der Waals surface area contributed by atoms with Crippen LogP contribution in [0.15, 0.2) is 41.3 Å². The zero-order valence-corrected chi connectivity index (χ0v) is 15.3. The molecule has 25 heavy (non-hydrogen) atoms. The molecular formula is C19H22F2O3S. The summed E-state index contributed by atoms with van der Waals surface area (Å²) in [6.45, 7) is 5.30. The quantitative estimate of drug-likeness (QED) is 0.757. The molecule has 3 aliphatic rings. The molecule has 2 bridgehead atoms. The molecular weight excluding hydrogens is 346 g/mol. The van der Waals surface area contributed by atoms with Gasteiger partial charge < -0.3 is 4.74 Å². The number of aryl methyl sites for hydroxylation is 1. The average Bonchev–Trinajstić information content (AvgIpc) is 2.99. The van der Waals surface area contributed by atoms with Crippen molar-refractivity contribution in [3.63, 3.8) is 0 Å². The number of sulfone groups is 1. The van der Waals surface area contributed by atoms with E-state index < -0.39 is 44.0 Å². The molecule has 0 radical (unpaired) electrons. The highest BCUT2D eigenvalue weighted by atomic mass is 32.2. The summed E-state index contributed by atoms with van der Waals surface area (Å²) in [5, 5.41) is -1.24. The highest BCUT2D eigenvalue weighted by molar-refractivity contribution is 7.92. The van der Waals surface area contributed by atoms with Crippen LogP contribution >= 0.6 is 0 Å². The van der Waals surface area contributed by atoms with Crippen molar-refractivity contribution < 1.29 is 21.9 Å². The van der Waals surface area contributed by atoms with Crippen molar-refractivity contribution >= 4 is 9.84 Å². The first-order chi connectivity index (χ1) is 11.7. The summed E-state index contributed by atoms with van der Waals surface area (Å²) >= 11 is 0. The molecule has 0 unspecified atom stereocenters. The maximum atomic E-state index is 15.3. The van der Waals surface area contributed by atoms with Crippen molar-refractivity contribution in [3.05, 3.63) is 42.0 Å². The minimum Gasteiger partial charge on any atom is -0.365 e. The van der Waals surface area contributed by atoms with Crippen molar-refractivity contribution in [2.24, 2.45) is 10.8 Å². The Balaban J connectivity index is 1.90. The Bertz CT molecular complexity index is 840. The largest absolute Gasteiger partial charge is 0.365 e. The summed E-state index contributed by atoms with van der Waals surface area (Å²) in [5.41, 5.74) is -2.06. The molecule has 6 heteroatoms. The van der Waals surface area contributed by atoms with E-state index in [1.54, 1.807) is 38.1 Å². The van der Waals surface area contributed by atoms with Gasteiger partial charge in [0.1, 0.15) is 5.25 Å². The van der Waals surface area contributed by atoms with E-state index in [-0.39, 0.29) is 17.7 Å². The van der Waals surface area contributed by atoms with Gasteiger partial charge >= 0.3 is 0 Å². The monoisotopic (exact) mass is 368 g/mol. The van der Waals surface area contributed by atoms with Gasteiger partial charge in [-0.2, -0.15) is 0 Å². The summed E-state index contributed by atoms with van der Waals surface area (Å²) in [7, 11) is -3.95. The van der Waals surface area contributed by atoms with Gasteiger partial charge in [-0.1, -0.05) is 43.7 Å². The predicted molar refractivity (Wildman–Crippen MR) is 90.3 cm³/mol. The molecule has 136 valence electrons. The summed E-state index contributed by atoms with van der Waals surface area (Å²) in [4.78, 5) is 0.0934. The van der Waals surface area contributed by atoms with Crippen LogP contribution in [0.2, 0.25) is 0 Å². The molecule has 4 atom stereocenters. The molecule has 2 aliphatic heterocycles. The van der Waals surface area contributed by atoms with Gasteiger partial charge in [0.15, 0.2) is 9.84 Å². The molecule has 1 saturated carbocycles. The molecule has 1 spiro atoms. The first-order valence-electron chi connectivity index (χ1n) is 8.73. The molecule has 0 aromatic heterocycles. The van der Waals surface area contributed by atoms with Crippen LogP contribution in [0.4, 0.5) is 8.78 Å². The molecule has 1 saturated heterocycles. The summed E-state index contributed by atoms with van der Waals surface area (Å²) in [5.74, 6) is -3.06. The van der Waals surface area contributed by atoms with Gasteiger partial charge in [0.25, 0.3) is 5.92 Å². The molecule has 2 heterocycles. The SMILES string of the molecule is CCC1(CC)C(F)(F)[C@]12[C@H](S(=O)(=O)c1ccc(C)cc1)[C@@H]1C=C[C@H]2O1. The van der Waals surface area contributed by atoms with Crippen molar-refractivity contribution in [1.82, 2.24) is 0 Å². The Morgan fingerprint density at radius 3 is 2.20 bits per heavy atom. The van der Waals surface area contributed by atoms with Gasteiger partial charge in [0.2, 0.25) is 0 Å². The van der Waals surface area contributed by atoms with E-state index in [9.17, 15) is 8.42 Å². The smallest absolute Gasteiger partial charge is 0.264 e. The maximum Gasteiger partial charge on any atom is 0.264 e. The topological polar surface area (TPSA) is 43.4 Å². The van der Waals surface area contributed by atoms with E-state index in [0.717, 1.165) is 5.56 Å². The average molecular weight is 368 g/mol. The Morgan fingerprint density at radius 1 is 1.08 bits per heavy atom. The second kappa shape index (κ2) is 4.92. The van der Waals surface area contributed by atoms with Crippen molar-refractivity contribution in [1.29, 1.82) is 0 Å². The highest BCUT2D eigenvalue weighted by Gasteiger charge is 2.97. The van der Waals surface area contributed by atoms with Gasteiger partial charge in [0.05, 0.1) is 22.5 Å². The standard InChI is InChI=1S/C19H22F2O3S/c1-4-17(5-2)18(19(17,20)21)15-11-10-14(24-15)16(18)25(22,23)13-8-6-12(3)7-9-13/h6-11,14-16H,4-5H2,1-3H3/t14-,15+,16+,18+/m0/s1. The lowest BCUT2D eigenvalue weighted by Gasteiger charge is -2.28. The maximum absolute atomic E-state index is 15.3. The third-order valence-corrected chi connectivity index (χ3v) is 8.95.